The Kier molecular flexibility index (Phi) is 79.5. The van der Waals surface area contributed by atoms with Crippen LogP contribution in [0.3, 0.4) is 0 Å². The predicted molar refractivity (Wildman–Crippen MR) is 441 cm³/mol. The Hall–Kier alpha value is -2.55. The molecule has 0 spiro atoms. The summed E-state index contributed by atoms with van der Waals surface area (Å²) in [5.74, 6) is -0.774. The van der Waals surface area contributed by atoms with Crippen molar-refractivity contribution in [1.29, 1.82) is 0 Å². The van der Waals surface area contributed by atoms with Crippen LogP contribution in [0.2, 0.25) is 0 Å². The summed E-state index contributed by atoms with van der Waals surface area (Å²) in [7, 11) is 1.50. The molecule has 9 nitrogen and oxygen atoms in total. The fourth-order valence-electron chi connectivity index (χ4n) is 13.3. The fraction of sp³-hybridized carbons (Fsp3) is 0.846. The molecule has 10 heteroatoms. The van der Waals surface area contributed by atoms with Crippen LogP contribution in [0.15, 0.2) is 72.9 Å². The molecule has 2 atom stereocenters. The molecule has 0 aliphatic rings. The van der Waals surface area contributed by atoms with Crippen molar-refractivity contribution in [3.63, 3.8) is 0 Å². The van der Waals surface area contributed by atoms with E-state index in [4.69, 9.17) is 18.5 Å². The zero-order chi connectivity index (χ0) is 73.3. The van der Waals surface area contributed by atoms with E-state index in [1.54, 1.807) is 0 Å². The van der Waals surface area contributed by atoms with Crippen LogP contribution >= 0.6 is 7.82 Å². The Morgan fingerprint density at radius 2 is 0.564 bits per heavy atom. The second kappa shape index (κ2) is 81.5. The van der Waals surface area contributed by atoms with Gasteiger partial charge in [-0.3, -0.25) is 18.6 Å². The quantitative estimate of drug-likeness (QED) is 0.0211. The Morgan fingerprint density at radius 3 is 0.842 bits per heavy atom. The van der Waals surface area contributed by atoms with Gasteiger partial charge in [-0.05, 0) is 64.2 Å². The summed E-state index contributed by atoms with van der Waals surface area (Å²) in [4.78, 5) is 36.1. The second-order valence-corrected chi connectivity index (χ2v) is 32.7. The van der Waals surface area contributed by atoms with Gasteiger partial charge in [-0.15, -0.1) is 0 Å². The van der Waals surface area contributed by atoms with Gasteiger partial charge in [-0.2, -0.15) is 0 Å². The van der Waals surface area contributed by atoms with Crippen LogP contribution in [0.25, 0.3) is 0 Å². The third-order valence-electron chi connectivity index (χ3n) is 20.0. The van der Waals surface area contributed by atoms with E-state index in [1.807, 2.05) is 21.1 Å². The van der Waals surface area contributed by atoms with Crippen molar-refractivity contribution >= 4 is 19.8 Å². The van der Waals surface area contributed by atoms with Crippen LogP contribution in [0, 0.1) is 0 Å². The lowest BCUT2D eigenvalue weighted by molar-refractivity contribution is -0.870. The van der Waals surface area contributed by atoms with Crippen molar-refractivity contribution in [3.05, 3.63) is 72.9 Å². The maximum atomic E-state index is 12.9. The summed E-state index contributed by atoms with van der Waals surface area (Å²) >= 11 is 0. The van der Waals surface area contributed by atoms with Gasteiger partial charge in [0.1, 0.15) is 19.8 Å². The average molecular weight is 1440 g/mol. The molecule has 1 N–H and O–H groups in total. The van der Waals surface area contributed by atoms with Crippen molar-refractivity contribution in [2.75, 3.05) is 47.5 Å². The zero-order valence-electron chi connectivity index (χ0n) is 67.9. The highest BCUT2D eigenvalue weighted by Crippen LogP contribution is 2.43. The Morgan fingerprint density at radius 1 is 0.317 bits per heavy atom. The first-order valence-electron chi connectivity index (χ1n) is 44.2. The summed E-state index contributed by atoms with van der Waals surface area (Å²) in [6.07, 6.45) is 112. The standard InChI is InChI=1S/C91H170NO8P/c1-6-8-10-12-14-16-18-20-22-24-26-28-30-32-34-36-38-40-42-44-45-46-48-49-51-53-55-57-59-61-63-65-67-69-71-73-75-77-79-81-83-90(93)97-87-89(88-99-101(95,96)98-86-85-92(3,4)5)100-91(94)84-82-80-78-76-74-72-70-68-66-64-62-60-58-56-54-52-50-47-43-41-39-37-35-33-31-29-27-25-23-21-19-17-15-13-11-9-7-2/h9,11,15,17,21,23,27,29,33,35,39,41,89H,6-8,10,12-14,16,18-20,22,24-26,28,30-32,34,36-38,40,42-88H2,1-5H3/p+1/b11-9-,17-15-,23-21-,29-27-,35-33-,41-39-. The number of allylic oxidation sites excluding steroid dienone is 12. The summed E-state index contributed by atoms with van der Waals surface area (Å²) in [5.41, 5.74) is 0. The maximum absolute atomic E-state index is 12.9. The zero-order valence-corrected chi connectivity index (χ0v) is 68.8. The maximum Gasteiger partial charge on any atom is 0.472 e. The fourth-order valence-corrected chi connectivity index (χ4v) is 14.1. The largest absolute Gasteiger partial charge is 0.472 e. The Bertz CT molecular complexity index is 1940. The van der Waals surface area contributed by atoms with Crippen molar-refractivity contribution in [2.24, 2.45) is 0 Å². The van der Waals surface area contributed by atoms with Gasteiger partial charge in [0.15, 0.2) is 6.10 Å². The molecule has 0 heterocycles. The normalized spacial score (nSPS) is 13.3. The molecule has 0 saturated carbocycles. The first kappa shape index (κ1) is 98.5. The highest BCUT2D eigenvalue weighted by molar-refractivity contribution is 7.47. The number of rotatable bonds is 83. The summed E-state index contributed by atoms with van der Waals surface area (Å²) in [6, 6.07) is 0. The Balaban J connectivity index is 3.86. The molecule has 0 fully saturated rings. The van der Waals surface area contributed by atoms with Gasteiger partial charge in [0, 0.05) is 12.8 Å². The molecule has 0 aromatic heterocycles. The van der Waals surface area contributed by atoms with Gasteiger partial charge < -0.3 is 18.9 Å². The molecule has 0 amide bonds. The number of nitrogens with zero attached hydrogens (tertiary/aromatic N) is 1. The van der Waals surface area contributed by atoms with Gasteiger partial charge in [0.05, 0.1) is 27.7 Å². The molecule has 101 heavy (non-hydrogen) atoms. The minimum Gasteiger partial charge on any atom is -0.462 e. The number of likely N-dealkylation sites (N-methyl/N-ethyl adjacent to an activating group) is 1. The molecule has 0 aromatic rings. The highest BCUT2D eigenvalue weighted by Gasteiger charge is 2.27. The lowest BCUT2D eigenvalue weighted by atomic mass is 10.0. The van der Waals surface area contributed by atoms with Gasteiger partial charge in [0.2, 0.25) is 0 Å². The number of phosphoric ester groups is 1. The molecule has 0 bridgehead atoms. The van der Waals surface area contributed by atoms with E-state index in [0.717, 1.165) is 70.6 Å². The SMILES string of the molecule is CC/C=C\C/C=C\C/C=C\C/C=C\C/C=C\C/C=C\CCCCCCCCCCCCCCCCCCCCC(=O)OC(COC(=O)CCCCCCCCCCCCCCCCCCCCCCCCCCCCCCCCCCCCCCCCCC)COP(=O)(O)OCC[N+](C)(C)C. The van der Waals surface area contributed by atoms with Gasteiger partial charge in [0.25, 0.3) is 0 Å². The number of esters is 2. The number of hydrogen-bond donors (Lipinski definition) is 1. The van der Waals surface area contributed by atoms with Crippen molar-refractivity contribution < 1.29 is 42.1 Å². The molecule has 592 valence electrons. The van der Waals surface area contributed by atoms with Crippen LogP contribution in [0.4, 0.5) is 0 Å². The first-order chi connectivity index (χ1) is 49.5. The first-order valence-corrected chi connectivity index (χ1v) is 45.7. The van der Waals surface area contributed by atoms with E-state index < -0.39 is 26.5 Å². The lowest BCUT2D eigenvalue weighted by Gasteiger charge is -2.24. The number of phosphoric acid groups is 1. The number of unbranched alkanes of at least 4 members (excludes halogenated alkanes) is 57. The molecule has 0 radical (unpaired) electrons. The molecule has 2 unspecified atom stereocenters. The van der Waals surface area contributed by atoms with Crippen LogP contribution in [0.1, 0.15) is 444 Å². The second-order valence-electron chi connectivity index (χ2n) is 31.3. The van der Waals surface area contributed by atoms with Gasteiger partial charge in [-0.25, -0.2) is 4.57 Å². The molecule has 0 aliphatic heterocycles. The molecule has 0 rings (SSSR count). The number of carbonyl (C=O) groups excluding carboxylic acids is 2. The number of ether oxygens (including phenoxy) is 2. The van der Waals surface area contributed by atoms with E-state index in [9.17, 15) is 19.0 Å². The number of hydrogen-bond acceptors (Lipinski definition) is 7. The van der Waals surface area contributed by atoms with Crippen molar-refractivity contribution in [1.82, 2.24) is 0 Å². The van der Waals surface area contributed by atoms with Crippen molar-refractivity contribution in [2.45, 2.75) is 450 Å². The molecule has 0 aromatic carbocycles. The van der Waals surface area contributed by atoms with E-state index in [1.165, 1.54) is 340 Å². The van der Waals surface area contributed by atoms with Crippen LogP contribution < -0.4 is 0 Å². The van der Waals surface area contributed by atoms with Crippen LogP contribution in [0.5, 0.6) is 0 Å². The minimum absolute atomic E-state index is 0.0333. The predicted octanol–water partition coefficient (Wildman–Crippen LogP) is 29.8. The molecule has 0 aliphatic carbocycles. The summed E-state index contributed by atoms with van der Waals surface area (Å²) in [6.45, 7) is 4.40. The monoisotopic (exact) mass is 1440 g/mol. The number of quaternary nitrogens is 1. The van der Waals surface area contributed by atoms with Crippen LogP contribution in [-0.2, 0) is 32.7 Å². The van der Waals surface area contributed by atoms with Gasteiger partial charge in [-0.1, -0.05) is 440 Å². The molecule has 0 saturated heterocycles. The van der Waals surface area contributed by atoms with E-state index in [2.05, 4.69) is 86.8 Å². The average Bonchev–Trinajstić information content (AvgIpc) is 0.958. The summed E-state index contributed by atoms with van der Waals surface area (Å²) < 4.78 is 34.9. The lowest BCUT2D eigenvalue weighted by Crippen LogP contribution is -2.37. The third-order valence-corrected chi connectivity index (χ3v) is 21.0. The minimum atomic E-state index is -4.40. The molecular formula is C91H171NO8P+. The van der Waals surface area contributed by atoms with E-state index >= 15 is 0 Å². The topological polar surface area (TPSA) is 108 Å². The van der Waals surface area contributed by atoms with E-state index in [-0.39, 0.29) is 25.6 Å². The van der Waals surface area contributed by atoms with Crippen molar-refractivity contribution in [3.8, 4) is 0 Å². The number of carbonyl (C=O) groups is 2. The third kappa shape index (κ3) is 86.3. The smallest absolute Gasteiger partial charge is 0.462 e. The van der Waals surface area contributed by atoms with E-state index in [0.29, 0.717) is 23.9 Å². The highest BCUT2D eigenvalue weighted by atomic mass is 31.2. The van der Waals surface area contributed by atoms with Crippen LogP contribution in [-0.4, -0.2) is 74.9 Å². The Labute approximate surface area is 629 Å². The van der Waals surface area contributed by atoms with Gasteiger partial charge >= 0.3 is 19.8 Å². The molecular weight excluding hydrogens is 1270 g/mol. The summed E-state index contributed by atoms with van der Waals surface area (Å²) in [5, 5.41) is 0.